The highest BCUT2D eigenvalue weighted by molar-refractivity contribution is 7.99. The molecule has 2 saturated carbocycles. The van der Waals surface area contributed by atoms with E-state index in [-0.39, 0.29) is 41.6 Å². The second-order valence-corrected chi connectivity index (χ2v) is 14.3. The molecule has 3 unspecified atom stereocenters. The standard InChI is InChI=1S/C32H45F6NO2S/c1-30-20-26(33)29-24-10-9-23(40)19-22(24)18-21(28(29)25(30)11-12-27(30)41)8-4-3-5-14-39(2)15-7-17-42-16-6-13-31(34,35)32(36,37)38/h9-10,19,21,25-26,28-29,40H,3-8,11-18,20H2,1-2H3/t21-,25?,26+,28?,29?,30+/m1/s1. The van der Waals surface area contributed by atoms with Gasteiger partial charge >= 0.3 is 12.1 Å². The number of hydrogen-bond donors (Lipinski definition) is 1. The Labute approximate surface area is 250 Å². The van der Waals surface area contributed by atoms with E-state index in [1.165, 1.54) is 11.8 Å². The molecule has 0 spiro atoms. The molecular formula is C32H45F6NO2S. The fourth-order valence-electron chi connectivity index (χ4n) is 7.99. The van der Waals surface area contributed by atoms with Crippen molar-refractivity contribution >= 4 is 17.5 Å². The van der Waals surface area contributed by atoms with Crippen molar-refractivity contribution in [1.29, 1.82) is 0 Å². The topological polar surface area (TPSA) is 40.5 Å². The number of hydrogen-bond acceptors (Lipinski definition) is 4. The van der Waals surface area contributed by atoms with Crippen LogP contribution in [0.2, 0.25) is 0 Å². The van der Waals surface area contributed by atoms with Gasteiger partial charge in [0.25, 0.3) is 0 Å². The minimum absolute atomic E-state index is 0.141. The van der Waals surface area contributed by atoms with Crippen LogP contribution in [0.1, 0.15) is 88.2 Å². The fourth-order valence-corrected chi connectivity index (χ4v) is 8.87. The van der Waals surface area contributed by atoms with Crippen molar-refractivity contribution in [1.82, 2.24) is 4.90 Å². The van der Waals surface area contributed by atoms with Crippen molar-refractivity contribution in [2.75, 3.05) is 31.6 Å². The zero-order chi connectivity index (χ0) is 30.7. The Hall–Kier alpha value is -1.42. The van der Waals surface area contributed by atoms with Gasteiger partial charge in [-0.3, -0.25) is 4.79 Å². The van der Waals surface area contributed by atoms with Crippen LogP contribution >= 0.6 is 11.8 Å². The van der Waals surface area contributed by atoms with Gasteiger partial charge in [-0.2, -0.15) is 33.7 Å². The van der Waals surface area contributed by atoms with E-state index >= 15 is 4.39 Å². The average molecular weight is 622 g/mol. The third-order valence-corrected chi connectivity index (χ3v) is 11.3. The molecular weight excluding hydrogens is 576 g/mol. The molecule has 0 heterocycles. The van der Waals surface area contributed by atoms with E-state index in [2.05, 4.69) is 4.90 Å². The smallest absolute Gasteiger partial charge is 0.453 e. The molecule has 0 radical (unpaired) electrons. The van der Waals surface area contributed by atoms with Crippen molar-refractivity contribution in [3.8, 4) is 5.75 Å². The van der Waals surface area contributed by atoms with Crippen molar-refractivity contribution < 1.29 is 36.2 Å². The highest BCUT2D eigenvalue weighted by atomic mass is 32.2. The van der Waals surface area contributed by atoms with Crippen LogP contribution in [-0.4, -0.2) is 65.7 Å². The summed E-state index contributed by atoms with van der Waals surface area (Å²) in [6.07, 6.45) is -0.478. The first-order valence-corrected chi connectivity index (χ1v) is 16.6. The van der Waals surface area contributed by atoms with Crippen LogP contribution in [0.3, 0.4) is 0 Å². The Morgan fingerprint density at radius 1 is 1.05 bits per heavy atom. The van der Waals surface area contributed by atoms with Gasteiger partial charge in [-0.05, 0) is 118 Å². The zero-order valence-corrected chi connectivity index (χ0v) is 25.5. The number of rotatable bonds is 14. The highest BCUT2D eigenvalue weighted by Gasteiger charge is 2.60. The summed E-state index contributed by atoms with van der Waals surface area (Å²) in [6.45, 7) is 3.74. The molecule has 10 heteroatoms. The molecule has 2 fully saturated rings. The van der Waals surface area contributed by atoms with Crippen molar-refractivity contribution in [3.05, 3.63) is 29.3 Å². The summed E-state index contributed by atoms with van der Waals surface area (Å²) in [5.41, 5.74) is 1.49. The number of ketones is 1. The van der Waals surface area contributed by atoms with Crippen LogP contribution in [0.15, 0.2) is 18.2 Å². The van der Waals surface area contributed by atoms with E-state index < -0.39 is 30.1 Å². The molecule has 0 aliphatic heterocycles. The number of unbranched alkanes of at least 4 members (excludes halogenated alkanes) is 2. The number of Topliss-reactive ketones (excluding diaryl/α,β-unsaturated/α-hetero) is 1. The molecule has 238 valence electrons. The summed E-state index contributed by atoms with van der Waals surface area (Å²) in [6, 6.07) is 5.35. The predicted molar refractivity (Wildman–Crippen MR) is 155 cm³/mol. The summed E-state index contributed by atoms with van der Waals surface area (Å²) in [5, 5.41) is 10.1. The van der Waals surface area contributed by atoms with Crippen LogP contribution in [0.5, 0.6) is 5.75 Å². The molecule has 4 rings (SSSR count). The number of phenols is 1. The number of alkyl halides is 6. The first kappa shape index (κ1) is 33.5. The summed E-state index contributed by atoms with van der Waals surface area (Å²) in [5.74, 6) is -2.75. The maximum Gasteiger partial charge on any atom is 0.453 e. The highest BCUT2D eigenvalue weighted by Crippen LogP contribution is 2.62. The molecule has 1 N–H and O–H groups in total. The van der Waals surface area contributed by atoms with Crippen LogP contribution in [0, 0.1) is 23.2 Å². The normalized spacial score (nSPS) is 29.5. The second kappa shape index (κ2) is 13.7. The summed E-state index contributed by atoms with van der Waals surface area (Å²) in [7, 11) is 2.03. The number of carbonyl (C=O) groups excluding carboxylic acids is 1. The number of aromatic hydroxyl groups is 1. The van der Waals surface area contributed by atoms with E-state index in [4.69, 9.17) is 0 Å². The lowest BCUT2D eigenvalue weighted by molar-refractivity contribution is -0.284. The summed E-state index contributed by atoms with van der Waals surface area (Å²) < 4.78 is 78.4. The van der Waals surface area contributed by atoms with Crippen LogP contribution < -0.4 is 0 Å². The van der Waals surface area contributed by atoms with Gasteiger partial charge in [0.2, 0.25) is 0 Å². The van der Waals surface area contributed by atoms with Gasteiger partial charge in [0, 0.05) is 24.2 Å². The fraction of sp³-hybridized carbons (Fsp3) is 0.781. The van der Waals surface area contributed by atoms with Gasteiger partial charge in [0.05, 0.1) is 0 Å². The van der Waals surface area contributed by atoms with Gasteiger partial charge < -0.3 is 10.0 Å². The van der Waals surface area contributed by atoms with E-state index in [9.17, 15) is 31.9 Å². The number of phenolic OH excluding ortho intramolecular Hbond substituents is 1. The SMILES string of the molecule is CN(CCCCC[C@@H]1Cc2cc(O)ccc2C2C1C1CCC(=O)[C@@]1(C)C[C@@H]2F)CCCSCCCC(F)(F)C(F)(F)F. The second-order valence-electron chi connectivity index (χ2n) is 13.1. The molecule has 3 aliphatic rings. The Morgan fingerprint density at radius 3 is 2.50 bits per heavy atom. The minimum atomic E-state index is -5.47. The van der Waals surface area contributed by atoms with Crippen molar-refractivity contribution in [2.24, 2.45) is 23.2 Å². The van der Waals surface area contributed by atoms with Crippen molar-refractivity contribution in [2.45, 2.75) is 102 Å². The Balaban J connectivity index is 1.19. The summed E-state index contributed by atoms with van der Waals surface area (Å²) >= 11 is 1.42. The Bertz CT molecular complexity index is 1070. The first-order valence-electron chi connectivity index (χ1n) is 15.4. The number of benzene rings is 1. The molecule has 0 aromatic heterocycles. The number of thioether (sulfide) groups is 1. The first-order chi connectivity index (χ1) is 19.7. The third-order valence-electron chi connectivity index (χ3n) is 10.2. The molecule has 3 aliphatic carbocycles. The zero-order valence-electron chi connectivity index (χ0n) is 24.7. The maximum atomic E-state index is 15.8. The lowest BCUT2D eigenvalue weighted by atomic mass is 9.51. The molecule has 3 nitrogen and oxygen atoms in total. The van der Waals surface area contributed by atoms with E-state index in [1.807, 2.05) is 20.0 Å². The predicted octanol–water partition coefficient (Wildman–Crippen LogP) is 8.58. The molecule has 42 heavy (non-hydrogen) atoms. The molecule has 0 bridgehead atoms. The maximum absolute atomic E-state index is 15.8. The quantitative estimate of drug-likeness (QED) is 0.167. The van der Waals surface area contributed by atoms with Gasteiger partial charge in [0.15, 0.2) is 0 Å². The monoisotopic (exact) mass is 621 g/mol. The number of halogens is 6. The molecule has 0 saturated heterocycles. The van der Waals surface area contributed by atoms with E-state index in [0.29, 0.717) is 18.6 Å². The van der Waals surface area contributed by atoms with Gasteiger partial charge in [-0.25, -0.2) is 4.39 Å². The molecule has 6 atom stereocenters. The van der Waals surface area contributed by atoms with Crippen LogP contribution in [0.4, 0.5) is 26.3 Å². The van der Waals surface area contributed by atoms with Crippen LogP contribution in [-0.2, 0) is 11.2 Å². The molecule has 0 amide bonds. The lowest BCUT2D eigenvalue weighted by Crippen LogP contribution is -2.50. The van der Waals surface area contributed by atoms with Gasteiger partial charge in [0.1, 0.15) is 17.7 Å². The average Bonchev–Trinajstić information content (AvgIpc) is 3.20. The Morgan fingerprint density at radius 2 is 1.76 bits per heavy atom. The number of fused-ring (bicyclic) bond motifs is 5. The number of nitrogens with zero attached hydrogens (tertiary/aromatic N) is 1. The number of carbonyl (C=O) groups is 1. The molecule has 1 aromatic carbocycles. The largest absolute Gasteiger partial charge is 0.508 e. The third kappa shape index (κ3) is 7.44. The van der Waals surface area contributed by atoms with E-state index in [1.54, 1.807) is 12.1 Å². The lowest BCUT2D eigenvalue weighted by Gasteiger charge is -2.53. The van der Waals surface area contributed by atoms with Crippen LogP contribution in [0.25, 0.3) is 0 Å². The van der Waals surface area contributed by atoms with E-state index in [0.717, 1.165) is 74.9 Å². The van der Waals surface area contributed by atoms with Crippen molar-refractivity contribution in [3.63, 3.8) is 0 Å². The molecule has 1 aromatic rings. The summed E-state index contributed by atoms with van der Waals surface area (Å²) in [4.78, 5) is 15.1. The Kier molecular flexibility index (Phi) is 10.9. The van der Waals surface area contributed by atoms with Gasteiger partial charge in [-0.15, -0.1) is 0 Å². The van der Waals surface area contributed by atoms with Gasteiger partial charge in [-0.1, -0.05) is 25.8 Å². The minimum Gasteiger partial charge on any atom is -0.508 e.